The van der Waals surface area contributed by atoms with Gasteiger partial charge in [0.2, 0.25) is 6.58 Å². The van der Waals surface area contributed by atoms with Crippen LogP contribution in [0.5, 0.6) is 0 Å². The van der Waals surface area contributed by atoms with Crippen molar-refractivity contribution in [3.05, 3.63) is 48.6 Å². The summed E-state index contributed by atoms with van der Waals surface area (Å²) in [6.07, 6.45) is 4.30. The molecule has 0 aliphatic rings. The summed E-state index contributed by atoms with van der Waals surface area (Å²) in [5, 5.41) is 0. The van der Waals surface area contributed by atoms with Crippen LogP contribution in [0.2, 0.25) is 0 Å². The van der Waals surface area contributed by atoms with Gasteiger partial charge in [0, 0.05) is 6.42 Å². The van der Waals surface area contributed by atoms with E-state index in [1.54, 1.807) is 18.2 Å². The lowest BCUT2D eigenvalue weighted by molar-refractivity contribution is 0.0498. The number of carbonyl (C=O) groups excluding carboxylic acids is 1. The zero-order valence-electron chi connectivity index (χ0n) is 8.69. The number of unbranched alkanes of at least 4 members (excludes halogenated alkanes) is 2. The number of esters is 1. The predicted octanol–water partition coefficient (Wildman–Crippen LogP) is 3.00. The van der Waals surface area contributed by atoms with Gasteiger partial charge in [-0.05, 0) is 25.0 Å². The highest BCUT2D eigenvalue weighted by molar-refractivity contribution is 5.89. The molecule has 0 fully saturated rings. The van der Waals surface area contributed by atoms with Gasteiger partial charge in [0.25, 0.3) is 0 Å². The molecule has 0 atom stereocenters. The molecule has 0 N–H and O–H groups in total. The number of carbonyl (C=O) groups is 1. The van der Waals surface area contributed by atoms with E-state index in [1.165, 1.54) is 0 Å². The van der Waals surface area contributed by atoms with E-state index in [1.807, 2.05) is 18.2 Å². The Kier molecular flexibility index (Phi) is 5.13. The highest BCUT2D eigenvalue weighted by Crippen LogP contribution is 2.02. The van der Waals surface area contributed by atoms with Crippen LogP contribution < -0.4 is 0 Å². The lowest BCUT2D eigenvalue weighted by atomic mass is 10.2. The van der Waals surface area contributed by atoms with E-state index >= 15 is 0 Å². The molecule has 1 aromatic rings. The van der Waals surface area contributed by atoms with Crippen molar-refractivity contribution in [3.8, 4) is 0 Å². The topological polar surface area (TPSA) is 26.3 Å². The van der Waals surface area contributed by atoms with Crippen LogP contribution in [0.3, 0.4) is 0 Å². The van der Waals surface area contributed by atoms with Crippen molar-refractivity contribution >= 4 is 5.97 Å². The second-order valence-corrected chi connectivity index (χ2v) is 3.23. The molecule has 0 unspecified atom stereocenters. The molecule has 0 saturated heterocycles. The van der Waals surface area contributed by atoms with E-state index in [4.69, 9.17) is 11.3 Å². The SMILES string of the molecule is [CH+]=CCCCCOC(=O)c1ccccc1. The molecule has 0 saturated carbocycles. The minimum atomic E-state index is -0.257. The minimum Gasteiger partial charge on any atom is -0.462 e. The summed E-state index contributed by atoms with van der Waals surface area (Å²) in [5.41, 5.74) is 0.600. The fourth-order valence-electron chi connectivity index (χ4n) is 1.19. The first-order valence-corrected chi connectivity index (χ1v) is 5.10. The van der Waals surface area contributed by atoms with Crippen LogP contribution in [-0.4, -0.2) is 12.6 Å². The summed E-state index contributed by atoms with van der Waals surface area (Å²) < 4.78 is 5.08. The van der Waals surface area contributed by atoms with Gasteiger partial charge >= 0.3 is 5.97 Å². The summed E-state index contributed by atoms with van der Waals surface area (Å²) in [4.78, 5) is 11.4. The average molecular weight is 203 g/mol. The van der Waals surface area contributed by atoms with Crippen LogP contribution in [0.1, 0.15) is 29.6 Å². The second kappa shape index (κ2) is 6.74. The van der Waals surface area contributed by atoms with E-state index in [0.29, 0.717) is 12.2 Å². The Bertz CT molecular complexity index is 304. The Morgan fingerprint density at radius 3 is 2.67 bits per heavy atom. The Labute approximate surface area is 90.6 Å². The van der Waals surface area contributed by atoms with Gasteiger partial charge in [0.1, 0.15) is 0 Å². The average Bonchev–Trinajstić information content (AvgIpc) is 2.30. The lowest BCUT2D eigenvalue weighted by Gasteiger charge is -2.03. The Morgan fingerprint density at radius 2 is 2.00 bits per heavy atom. The molecule has 0 aliphatic heterocycles. The molecule has 0 spiro atoms. The molecule has 15 heavy (non-hydrogen) atoms. The third-order valence-corrected chi connectivity index (χ3v) is 2.01. The molecule has 1 aromatic carbocycles. The predicted molar refractivity (Wildman–Crippen MR) is 59.4 cm³/mol. The van der Waals surface area contributed by atoms with Crippen LogP contribution in [0.4, 0.5) is 0 Å². The molecule has 2 heteroatoms. The first-order valence-electron chi connectivity index (χ1n) is 5.10. The fourth-order valence-corrected chi connectivity index (χ4v) is 1.19. The smallest absolute Gasteiger partial charge is 0.338 e. The number of rotatable bonds is 6. The Hall–Kier alpha value is -1.66. The number of ether oxygens (including phenoxy) is 1. The summed E-state index contributed by atoms with van der Waals surface area (Å²) in [6, 6.07) is 9.00. The molecular formula is C13H15O2+. The van der Waals surface area contributed by atoms with Crippen LogP contribution in [-0.2, 0) is 4.74 Å². The number of hydrogen-bond donors (Lipinski definition) is 0. The summed E-state index contributed by atoms with van der Waals surface area (Å²) >= 11 is 0. The molecule has 0 amide bonds. The molecule has 0 radical (unpaired) electrons. The minimum absolute atomic E-state index is 0.257. The van der Waals surface area contributed by atoms with Gasteiger partial charge in [-0.25, -0.2) is 4.79 Å². The van der Waals surface area contributed by atoms with Crippen LogP contribution in [0.25, 0.3) is 0 Å². The van der Waals surface area contributed by atoms with Gasteiger partial charge in [-0.1, -0.05) is 18.2 Å². The van der Waals surface area contributed by atoms with Gasteiger partial charge in [-0.3, -0.25) is 0 Å². The number of hydrogen-bond acceptors (Lipinski definition) is 2. The first-order chi connectivity index (χ1) is 7.34. The highest BCUT2D eigenvalue weighted by Gasteiger charge is 2.04. The Morgan fingerprint density at radius 1 is 1.27 bits per heavy atom. The lowest BCUT2D eigenvalue weighted by Crippen LogP contribution is -2.05. The van der Waals surface area contributed by atoms with Gasteiger partial charge in [-0.15, -0.1) is 0 Å². The largest absolute Gasteiger partial charge is 0.462 e. The first kappa shape index (κ1) is 11.4. The van der Waals surface area contributed by atoms with Gasteiger partial charge in [0.05, 0.1) is 12.2 Å². The van der Waals surface area contributed by atoms with Crippen molar-refractivity contribution in [2.45, 2.75) is 19.3 Å². The van der Waals surface area contributed by atoms with E-state index < -0.39 is 0 Å². The zero-order chi connectivity index (χ0) is 10.9. The third-order valence-electron chi connectivity index (χ3n) is 2.01. The molecular weight excluding hydrogens is 188 g/mol. The van der Waals surface area contributed by atoms with Crippen molar-refractivity contribution in [2.75, 3.05) is 6.61 Å². The monoisotopic (exact) mass is 203 g/mol. The standard InChI is InChI=1S/C13H15O2/c1-2-3-4-8-11-15-13(14)12-9-6-5-7-10-12/h1-2,5-7,9-10H,3-4,8,11H2/q+1. The Balaban J connectivity index is 2.22. The maximum atomic E-state index is 11.4. The maximum absolute atomic E-state index is 11.4. The quantitative estimate of drug-likeness (QED) is 0.403. The molecule has 78 valence electrons. The molecule has 1 rings (SSSR count). The van der Waals surface area contributed by atoms with E-state index in [-0.39, 0.29) is 5.97 Å². The molecule has 2 nitrogen and oxygen atoms in total. The molecule has 0 bridgehead atoms. The van der Waals surface area contributed by atoms with Crippen molar-refractivity contribution in [3.63, 3.8) is 0 Å². The molecule has 0 aromatic heterocycles. The molecule has 0 heterocycles. The second-order valence-electron chi connectivity index (χ2n) is 3.23. The van der Waals surface area contributed by atoms with Crippen LogP contribution in [0, 0.1) is 6.58 Å². The van der Waals surface area contributed by atoms with E-state index in [2.05, 4.69) is 0 Å². The summed E-state index contributed by atoms with van der Waals surface area (Å²) in [6.45, 7) is 5.69. The van der Waals surface area contributed by atoms with Crippen molar-refractivity contribution in [1.29, 1.82) is 0 Å². The van der Waals surface area contributed by atoms with Gasteiger partial charge < -0.3 is 4.74 Å². The molecule has 0 aliphatic carbocycles. The van der Waals surface area contributed by atoms with Crippen molar-refractivity contribution < 1.29 is 9.53 Å². The zero-order valence-corrected chi connectivity index (χ0v) is 8.69. The van der Waals surface area contributed by atoms with E-state index in [9.17, 15) is 4.79 Å². The van der Waals surface area contributed by atoms with Crippen LogP contribution >= 0.6 is 0 Å². The van der Waals surface area contributed by atoms with Crippen LogP contribution in [0.15, 0.2) is 36.4 Å². The van der Waals surface area contributed by atoms with Crippen molar-refractivity contribution in [2.24, 2.45) is 0 Å². The number of allylic oxidation sites excluding steroid dienone is 1. The van der Waals surface area contributed by atoms with Gasteiger partial charge in [-0.2, -0.15) is 0 Å². The van der Waals surface area contributed by atoms with Gasteiger partial charge in [0.15, 0.2) is 6.08 Å². The highest BCUT2D eigenvalue weighted by atomic mass is 16.5. The van der Waals surface area contributed by atoms with Crippen molar-refractivity contribution in [1.82, 2.24) is 0 Å². The normalized spacial score (nSPS) is 9.53. The number of benzene rings is 1. The third kappa shape index (κ3) is 4.39. The maximum Gasteiger partial charge on any atom is 0.338 e. The summed E-state index contributed by atoms with van der Waals surface area (Å²) in [7, 11) is 0. The summed E-state index contributed by atoms with van der Waals surface area (Å²) in [5.74, 6) is -0.257. The van der Waals surface area contributed by atoms with E-state index in [0.717, 1.165) is 19.3 Å². The fraction of sp³-hybridized carbons (Fsp3) is 0.308.